The van der Waals surface area contributed by atoms with Crippen LogP contribution < -0.4 is 14.6 Å². The molecule has 1 heterocycles. The quantitative estimate of drug-likeness (QED) is 0.633. The number of aromatic nitrogens is 1. The van der Waals surface area contributed by atoms with E-state index in [1.54, 1.807) is 19.2 Å². The summed E-state index contributed by atoms with van der Waals surface area (Å²) in [4.78, 5) is 15.6. The highest BCUT2D eigenvalue weighted by Crippen LogP contribution is 2.39. The minimum Gasteiger partial charge on any atom is -0.496 e. The van der Waals surface area contributed by atoms with E-state index in [1.807, 2.05) is 25.1 Å². The fourth-order valence-corrected chi connectivity index (χ4v) is 4.03. The van der Waals surface area contributed by atoms with Gasteiger partial charge in [-0.05, 0) is 48.4 Å². The summed E-state index contributed by atoms with van der Waals surface area (Å²) in [6.07, 6.45) is 0. The summed E-state index contributed by atoms with van der Waals surface area (Å²) < 4.78 is 33.2. The van der Waals surface area contributed by atoms with Gasteiger partial charge in [0.15, 0.2) is 0 Å². The first-order valence-electron chi connectivity index (χ1n) is 7.73. The molecule has 27 heavy (non-hydrogen) atoms. The molecule has 2 N–H and O–H groups in total. The molecular formula is C18H16N2O5S2. The number of benzene rings is 2. The molecule has 0 atom stereocenters. The molecule has 0 amide bonds. The van der Waals surface area contributed by atoms with Gasteiger partial charge in [0, 0.05) is 5.56 Å². The van der Waals surface area contributed by atoms with Gasteiger partial charge in [0.1, 0.15) is 5.75 Å². The van der Waals surface area contributed by atoms with Crippen LogP contribution in [0.5, 0.6) is 10.9 Å². The first-order chi connectivity index (χ1) is 12.8. The Kier molecular flexibility index (Phi) is 5.26. The SMILES string of the molecule is COc1ccc(-c2sc(OC=O)nc2C)cc1-c1ccc(S(N)(=O)=O)cc1. The summed E-state index contributed by atoms with van der Waals surface area (Å²) in [7, 11) is -2.20. The van der Waals surface area contributed by atoms with Crippen molar-refractivity contribution in [2.45, 2.75) is 11.8 Å². The number of carbonyl (C=O) groups is 1. The number of rotatable bonds is 6. The predicted molar refractivity (Wildman–Crippen MR) is 102 cm³/mol. The molecule has 140 valence electrons. The monoisotopic (exact) mass is 404 g/mol. The Labute approximate surface area is 160 Å². The van der Waals surface area contributed by atoms with Gasteiger partial charge in [0.2, 0.25) is 10.0 Å². The van der Waals surface area contributed by atoms with Crippen molar-refractivity contribution >= 4 is 27.8 Å². The number of hydrogen-bond donors (Lipinski definition) is 1. The number of nitrogens with zero attached hydrogens (tertiary/aromatic N) is 1. The molecule has 0 fully saturated rings. The summed E-state index contributed by atoms with van der Waals surface area (Å²) in [5, 5.41) is 5.42. The lowest BCUT2D eigenvalue weighted by Gasteiger charge is -2.11. The van der Waals surface area contributed by atoms with Crippen LogP contribution in [0.3, 0.4) is 0 Å². The Hall–Kier alpha value is -2.75. The van der Waals surface area contributed by atoms with Crippen molar-refractivity contribution in [3.63, 3.8) is 0 Å². The third kappa shape index (κ3) is 4.00. The first-order valence-corrected chi connectivity index (χ1v) is 10.1. The largest absolute Gasteiger partial charge is 0.496 e. The lowest BCUT2D eigenvalue weighted by molar-refractivity contribution is -0.120. The van der Waals surface area contributed by atoms with Crippen molar-refractivity contribution in [3.05, 3.63) is 48.2 Å². The zero-order valence-electron chi connectivity index (χ0n) is 14.5. The van der Waals surface area contributed by atoms with Crippen molar-refractivity contribution in [1.29, 1.82) is 0 Å². The van der Waals surface area contributed by atoms with Gasteiger partial charge in [-0.1, -0.05) is 23.5 Å². The molecule has 0 saturated heterocycles. The van der Waals surface area contributed by atoms with E-state index in [0.29, 0.717) is 12.2 Å². The van der Waals surface area contributed by atoms with Gasteiger partial charge in [-0.3, -0.25) is 4.79 Å². The standard InChI is InChI=1S/C18H16N2O5S2/c1-11-17(26-18(20-11)25-10-21)13-5-8-16(24-2)15(9-13)12-3-6-14(7-4-12)27(19,22)23/h3-10H,1-2H3,(H2,19,22,23). The Morgan fingerprint density at radius 3 is 2.37 bits per heavy atom. The topological polar surface area (TPSA) is 109 Å². The number of primary sulfonamides is 1. The molecule has 3 aromatic rings. The predicted octanol–water partition coefficient (Wildman–Crippen LogP) is 2.98. The number of sulfonamides is 1. The second-order valence-corrected chi connectivity index (χ2v) is 8.12. The Morgan fingerprint density at radius 2 is 1.78 bits per heavy atom. The number of aryl methyl sites for hydroxylation is 1. The summed E-state index contributed by atoms with van der Waals surface area (Å²) in [6, 6.07) is 11.8. The van der Waals surface area contributed by atoms with E-state index in [-0.39, 0.29) is 10.1 Å². The van der Waals surface area contributed by atoms with Gasteiger partial charge in [-0.2, -0.15) is 0 Å². The van der Waals surface area contributed by atoms with Gasteiger partial charge in [-0.25, -0.2) is 18.5 Å². The molecular weight excluding hydrogens is 388 g/mol. The smallest absolute Gasteiger partial charge is 0.300 e. The van der Waals surface area contributed by atoms with E-state index in [1.165, 1.54) is 23.5 Å². The molecule has 7 nitrogen and oxygen atoms in total. The lowest BCUT2D eigenvalue weighted by atomic mass is 10.0. The number of carbonyl (C=O) groups excluding carboxylic acids is 1. The van der Waals surface area contributed by atoms with Crippen LogP contribution in [0.4, 0.5) is 0 Å². The molecule has 9 heteroatoms. The zero-order chi connectivity index (χ0) is 19.6. The molecule has 0 aliphatic rings. The average molecular weight is 404 g/mol. The molecule has 0 bridgehead atoms. The summed E-state index contributed by atoms with van der Waals surface area (Å²) in [5.74, 6) is 0.633. The lowest BCUT2D eigenvalue weighted by Crippen LogP contribution is -2.11. The highest BCUT2D eigenvalue weighted by Gasteiger charge is 2.15. The fourth-order valence-electron chi connectivity index (χ4n) is 2.63. The van der Waals surface area contributed by atoms with Gasteiger partial charge in [-0.15, -0.1) is 0 Å². The maximum Gasteiger partial charge on any atom is 0.300 e. The number of hydrogen-bond acceptors (Lipinski definition) is 7. The van der Waals surface area contributed by atoms with Crippen LogP contribution in [0.25, 0.3) is 21.6 Å². The molecule has 0 aliphatic heterocycles. The minimum atomic E-state index is -3.76. The molecule has 0 saturated carbocycles. The summed E-state index contributed by atoms with van der Waals surface area (Å²) >= 11 is 1.26. The van der Waals surface area contributed by atoms with E-state index < -0.39 is 10.0 Å². The number of ether oxygens (including phenoxy) is 2. The summed E-state index contributed by atoms with van der Waals surface area (Å²) in [5.41, 5.74) is 3.16. The van der Waals surface area contributed by atoms with Gasteiger partial charge in [0.05, 0.1) is 22.6 Å². The molecule has 0 spiro atoms. The van der Waals surface area contributed by atoms with Gasteiger partial charge in [0.25, 0.3) is 11.7 Å². The van der Waals surface area contributed by atoms with Crippen LogP contribution in [-0.2, 0) is 14.8 Å². The van der Waals surface area contributed by atoms with E-state index >= 15 is 0 Å². The van der Waals surface area contributed by atoms with Gasteiger partial charge < -0.3 is 9.47 Å². The molecule has 3 rings (SSSR count). The normalized spacial score (nSPS) is 11.2. The Morgan fingerprint density at radius 1 is 1.11 bits per heavy atom. The van der Waals surface area contributed by atoms with Crippen LogP contribution in [0, 0.1) is 6.92 Å². The molecule has 0 aliphatic carbocycles. The van der Waals surface area contributed by atoms with Crippen LogP contribution in [0.15, 0.2) is 47.4 Å². The molecule has 2 aromatic carbocycles. The van der Waals surface area contributed by atoms with Crippen LogP contribution in [0.1, 0.15) is 5.69 Å². The van der Waals surface area contributed by atoms with Gasteiger partial charge >= 0.3 is 0 Å². The van der Waals surface area contributed by atoms with Crippen molar-refractivity contribution in [2.24, 2.45) is 5.14 Å². The number of methoxy groups -OCH3 is 1. The van der Waals surface area contributed by atoms with Crippen molar-refractivity contribution in [3.8, 4) is 32.5 Å². The zero-order valence-corrected chi connectivity index (χ0v) is 16.1. The number of thiazole rings is 1. The van der Waals surface area contributed by atoms with Crippen LogP contribution in [0.2, 0.25) is 0 Å². The van der Waals surface area contributed by atoms with E-state index in [9.17, 15) is 13.2 Å². The Balaban J connectivity index is 2.08. The maximum atomic E-state index is 11.4. The first kappa shape index (κ1) is 19.0. The third-order valence-corrected chi connectivity index (χ3v) is 5.91. The number of nitrogens with two attached hydrogens (primary N) is 1. The highest BCUT2D eigenvalue weighted by atomic mass is 32.2. The van der Waals surface area contributed by atoms with Crippen molar-refractivity contribution < 1.29 is 22.7 Å². The maximum absolute atomic E-state index is 11.4. The Bertz CT molecular complexity index is 1090. The average Bonchev–Trinajstić information content (AvgIpc) is 3.01. The van der Waals surface area contributed by atoms with Crippen LogP contribution >= 0.6 is 11.3 Å². The van der Waals surface area contributed by atoms with E-state index in [2.05, 4.69) is 4.98 Å². The van der Waals surface area contributed by atoms with Crippen molar-refractivity contribution in [1.82, 2.24) is 4.98 Å². The molecule has 0 radical (unpaired) electrons. The van der Waals surface area contributed by atoms with E-state index in [4.69, 9.17) is 14.6 Å². The van der Waals surface area contributed by atoms with Crippen LogP contribution in [-0.4, -0.2) is 27.0 Å². The van der Waals surface area contributed by atoms with E-state index in [0.717, 1.165) is 27.3 Å². The fraction of sp³-hybridized carbons (Fsp3) is 0.111. The molecule has 0 unspecified atom stereocenters. The second-order valence-electron chi connectivity index (χ2n) is 5.59. The second kappa shape index (κ2) is 7.47. The van der Waals surface area contributed by atoms with Crippen molar-refractivity contribution in [2.75, 3.05) is 7.11 Å². The molecule has 1 aromatic heterocycles. The minimum absolute atomic E-state index is 0.0373. The summed E-state index contributed by atoms with van der Waals surface area (Å²) in [6.45, 7) is 2.17. The third-order valence-electron chi connectivity index (χ3n) is 3.88. The highest BCUT2D eigenvalue weighted by molar-refractivity contribution is 7.89.